The van der Waals surface area contributed by atoms with Gasteiger partial charge in [-0.15, -0.1) is 0 Å². The largest absolute Gasteiger partial charge is 0.395 e. The molecule has 0 aliphatic carbocycles. The topological polar surface area (TPSA) is 64.1 Å². The second-order valence-corrected chi connectivity index (χ2v) is 5.74. The summed E-state index contributed by atoms with van der Waals surface area (Å²) in [6.45, 7) is 4.75. The van der Waals surface area contributed by atoms with Crippen molar-refractivity contribution in [3.05, 3.63) is 30.1 Å². The molecule has 0 radical (unpaired) electrons. The number of rotatable bonds is 6. The number of nitrogens with zero attached hydrogens (tertiary/aromatic N) is 3. The molecule has 1 fully saturated rings. The van der Waals surface area contributed by atoms with Crippen LogP contribution in [0, 0.1) is 5.82 Å². The van der Waals surface area contributed by atoms with Crippen LogP contribution in [0.25, 0.3) is 0 Å². The highest BCUT2D eigenvalue weighted by Crippen LogP contribution is 2.20. The van der Waals surface area contributed by atoms with Crippen LogP contribution in [0.3, 0.4) is 0 Å². The highest BCUT2D eigenvalue weighted by Gasteiger charge is 2.32. The average molecular weight is 323 g/mol. The number of amides is 3. The Kier molecular flexibility index (Phi) is 5.54. The third-order valence-corrected chi connectivity index (χ3v) is 3.84. The molecule has 126 valence electrons. The van der Waals surface area contributed by atoms with Gasteiger partial charge in [-0.05, 0) is 38.1 Å². The van der Waals surface area contributed by atoms with Gasteiger partial charge in [-0.3, -0.25) is 9.69 Å². The maximum Gasteiger partial charge on any atom is 0.325 e. The molecule has 1 aliphatic rings. The summed E-state index contributed by atoms with van der Waals surface area (Å²) in [4.78, 5) is 29.3. The first-order valence-corrected chi connectivity index (χ1v) is 7.66. The van der Waals surface area contributed by atoms with Crippen molar-refractivity contribution in [3.63, 3.8) is 0 Å². The summed E-state index contributed by atoms with van der Waals surface area (Å²) in [6, 6.07) is 5.39. The Bertz CT molecular complexity index is 562. The van der Waals surface area contributed by atoms with Crippen LogP contribution < -0.4 is 4.90 Å². The molecule has 3 amide bonds. The summed E-state index contributed by atoms with van der Waals surface area (Å²) >= 11 is 0. The number of anilines is 1. The lowest BCUT2D eigenvalue weighted by Crippen LogP contribution is -2.46. The lowest BCUT2D eigenvalue weighted by Gasteiger charge is -2.28. The number of aliphatic hydroxyl groups is 1. The fraction of sp³-hybridized carbons (Fsp3) is 0.500. The number of carbonyl (C=O) groups is 2. The number of hydrogen-bond acceptors (Lipinski definition) is 3. The van der Waals surface area contributed by atoms with E-state index in [2.05, 4.69) is 0 Å². The van der Waals surface area contributed by atoms with Crippen molar-refractivity contribution in [3.8, 4) is 0 Å². The van der Waals surface area contributed by atoms with Crippen molar-refractivity contribution < 1.29 is 19.1 Å². The van der Waals surface area contributed by atoms with E-state index in [9.17, 15) is 14.0 Å². The number of hydrogen-bond donors (Lipinski definition) is 1. The number of halogens is 1. The molecule has 0 bridgehead atoms. The minimum atomic E-state index is -0.357. The molecule has 23 heavy (non-hydrogen) atoms. The molecular formula is C16H22FN3O3. The molecule has 6 nitrogen and oxygen atoms in total. The Balaban J connectivity index is 2.01. The van der Waals surface area contributed by atoms with Gasteiger partial charge in [-0.1, -0.05) is 0 Å². The molecule has 1 saturated heterocycles. The minimum Gasteiger partial charge on any atom is -0.395 e. The van der Waals surface area contributed by atoms with Crippen molar-refractivity contribution in [2.75, 3.05) is 37.7 Å². The number of benzene rings is 1. The fourth-order valence-corrected chi connectivity index (χ4v) is 2.62. The van der Waals surface area contributed by atoms with Crippen molar-refractivity contribution >= 4 is 17.6 Å². The molecule has 0 atom stereocenters. The molecule has 1 heterocycles. The number of urea groups is 1. The summed E-state index contributed by atoms with van der Waals surface area (Å²) in [5, 5.41) is 9.05. The van der Waals surface area contributed by atoms with Crippen LogP contribution in [0.4, 0.5) is 14.9 Å². The van der Waals surface area contributed by atoms with Crippen molar-refractivity contribution in [1.82, 2.24) is 9.80 Å². The summed E-state index contributed by atoms with van der Waals surface area (Å²) in [7, 11) is 0. The Labute approximate surface area is 135 Å². The standard InChI is InChI=1S/C16H22FN3O3/c1-12(2)19(9-10-21)15(22)11-18-7-8-20(16(18)23)14-5-3-13(17)4-6-14/h3-6,12,21H,7-11H2,1-2H3. The third kappa shape index (κ3) is 3.98. The van der Waals surface area contributed by atoms with E-state index in [1.54, 1.807) is 17.0 Å². The van der Waals surface area contributed by atoms with Crippen LogP contribution in [-0.2, 0) is 4.79 Å². The zero-order valence-electron chi connectivity index (χ0n) is 13.4. The minimum absolute atomic E-state index is 0.0191. The van der Waals surface area contributed by atoms with E-state index < -0.39 is 0 Å². The van der Waals surface area contributed by atoms with Gasteiger partial charge in [0.25, 0.3) is 0 Å². The Morgan fingerprint density at radius 2 is 1.96 bits per heavy atom. The highest BCUT2D eigenvalue weighted by atomic mass is 19.1. The second kappa shape index (κ2) is 7.41. The van der Waals surface area contributed by atoms with Gasteiger partial charge in [-0.2, -0.15) is 0 Å². The van der Waals surface area contributed by atoms with Gasteiger partial charge in [-0.25, -0.2) is 9.18 Å². The molecule has 0 spiro atoms. The molecule has 0 saturated carbocycles. The molecular weight excluding hydrogens is 301 g/mol. The van der Waals surface area contributed by atoms with Gasteiger partial charge in [0.1, 0.15) is 12.4 Å². The van der Waals surface area contributed by atoms with E-state index in [-0.39, 0.29) is 43.5 Å². The van der Waals surface area contributed by atoms with Gasteiger partial charge in [0.15, 0.2) is 0 Å². The van der Waals surface area contributed by atoms with Gasteiger partial charge < -0.3 is 14.9 Å². The van der Waals surface area contributed by atoms with Gasteiger partial charge >= 0.3 is 6.03 Å². The number of carbonyl (C=O) groups excluding carboxylic acids is 2. The van der Waals surface area contributed by atoms with Crippen LogP contribution in [0.15, 0.2) is 24.3 Å². The summed E-state index contributed by atoms with van der Waals surface area (Å²) in [6.07, 6.45) is 0. The first-order valence-electron chi connectivity index (χ1n) is 7.66. The molecule has 1 N–H and O–H groups in total. The molecule has 0 aromatic heterocycles. The quantitative estimate of drug-likeness (QED) is 0.858. The van der Waals surface area contributed by atoms with E-state index >= 15 is 0 Å². The maximum atomic E-state index is 13.0. The summed E-state index contributed by atoms with van der Waals surface area (Å²) in [5.74, 6) is -0.549. The molecule has 7 heteroatoms. The van der Waals surface area contributed by atoms with E-state index in [0.717, 1.165) is 0 Å². The highest BCUT2D eigenvalue weighted by molar-refractivity contribution is 5.96. The molecule has 1 aliphatic heterocycles. The van der Waals surface area contributed by atoms with Crippen LogP contribution in [0.1, 0.15) is 13.8 Å². The van der Waals surface area contributed by atoms with Gasteiger partial charge in [0.2, 0.25) is 5.91 Å². The van der Waals surface area contributed by atoms with Crippen LogP contribution in [-0.4, -0.2) is 65.7 Å². The fourth-order valence-electron chi connectivity index (χ4n) is 2.62. The third-order valence-electron chi connectivity index (χ3n) is 3.84. The molecule has 2 rings (SSSR count). The lowest BCUT2D eigenvalue weighted by molar-refractivity contribution is -0.133. The van der Waals surface area contributed by atoms with E-state index in [1.807, 2.05) is 13.8 Å². The SMILES string of the molecule is CC(C)N(CCO)C(=O)CN1CCN(c2ccc(F)cc2)C1=O. The Morgan fingerprint density at radius 3 is 2.52 bits per heavy atom. The predicted molar refractivity (Wildman–Crippen MR) is 84.6 cm³/mol. The molecule has 1 aromatic carbocycles. The zero-order chi connectivity index (χ0) is 17.0. The van der Waals surface area contributed by atoms with Crippen molar-refractivity contribution in [2.24, 2.45) is 0 Å². The van der Waals surface area contributed by atoms with Crippen LogP contribution in [0.5, 0.6) is 0 Å². The maximum absolute atomic E-state index is 13.0. The van der Waals surface area contributed by atoms with E-state index in [1.165, 1.54) is 21.9 Å². The van der Waals surface area contributed by atoms with Gasteiger partial charge in [0, 0.05) is 31.4 Å². The van der Waals surface area contributed by atoms with Gasteiger partial charge in [0.05, 0.1) is 6.61 Å². The summed E-state index contributed by atoms with van der Waals surface area (Å²) < 4.78 is 13.0. The summed E-state index contributed by atoms with van der Waals surface area (Å²) in [5.41, 5.74) is 0.613. The van der Waals surface area contributed by atoms with E-state index in [4.69, 9.17) is 5.11 Å². The predicted octanol–water partition coefficient (Wildman–Crippen LogP) is 1.30. The normalized spacial score (nSPS) is 14.7. The molecule has 1 aromatic rings. The van der Waals surface area contributed by atoms with E-state index in [0.29, 0.717) is 18.8 Å². The smallest absolute Gasteiger partial charge is 0.325 e. The van der Waals surface area contributed by atoms with Crippen molar-refractivity contribution in [1.29, 1.82) is 0 Å². The van der Waals surface area contributed by atoms with Crippen LogP contribution >= 0.6 is 0 Å². The Morgan fingerprint density at radius 1 is 1.30 bits per heavy atom. The van der Waals surface area contributed by atoms with Crippen LogP contribution in [0.2, 0.25) is 0 Å². The lowest BCUT2D eigenvalue weighted by atomic mass is 10.3. The first kappa shape index (κ1) is 17.2. The molecule has 0 unspecified atom stereocenters. The zero-order valence-corrected chi connectivity index (χ0v) is 13.4. The monoisotopic (exact) mass is 323 g/mol. The second-order valence-electron chi connectivity index (χ2n) is 5.74. The number of aliphatic hydroxyl groups excluding tert-OH is 1. The average Bonchev–Trinajstić information content (AvgIpc) is 2.86. The Hall–Kier alpha value is -2.15. The first-order chi connectivity index (χ1) is 10.9. The van der Waals surface area contributed by atoms with Crippen molar-refractivity contribution in [2.45, 2.75) is 19.9 Å².